The molecule has 142 valence electrons. The number of aryl methyl sites for hydroxylation is 2. The highest BCUT2D eigenvalue weighted by molar-refractivity contribution is 6.06. The number of para-hydroxylation sites is 1. The van der Waals surface area contributed by atoms with Gasteiger partial charge in [0.15, 0.2) is 0 Å². The monoisotopic (exact) mass is 372 g/mol. The molecule has 0 saturated heterocycles. The van der Waals surface area contributed by atoms with E-state index in [4.69, 9.17) is 0 Å². The van der Waals surface area contributed by atoms with Crippen LogP contribution in [0.3, 0.4) is 0 Å². The maximum absolute atomic E-state index is 13.2. The zero-order chi connectivity index (χ0) is 19.7. The van der Waals surface area contributed by atoms with Crippen molar-refractivity contribution in [2.24, 2.45) is 0 Å². The molecular formula is C23H24N4O. The molecule has 0 N–H and O–H groups in total. The van der Waals surface area contributed by atoms with Gasteiger partial charge in [-0.3, -0.25) is 4.79 Å². The fraction of sp³-hybridized carbons (Fsp3) is 0.261. The van der Waals surface area contributed by atoms with Gasteiger partial charge in [-0.15, -0.1) is 0 Å². The fourth-order valence-electron chi connectivity index (χ4n) is 3.76. The van der Waals surface area contributed by atoms with Gasteiger partial charge in [-0.25, -0.2) is 9.97 Å². The van der Waals surface area contributed by atoms with E-state index in [2.05, 4.69) is 53.0 Å². The molecule has 0 unspecified atom stereocenters. The molecule has 0 spiro atoms. The Morgan fingerprint density at radius 2 is 1.89 bits per heavy atom. The third kappa shape index (κ3) is 3.36. The topological polar surface area (TPSA) is 49.3 Å². The molecule has 4 rings (SSSR count). The van der Waals surface area contributed by atoms with Gasteiger partial charge in [0.1, 0.15) is 17.3 Å². The van der Waals surface area contributed by atoms with E-state index in [0.717, 1.165) is 30.2 Å². The number of aromatic nitrogens is 2. The van der Waals surface area contributed by atoms with Crippen LogP contribution in [0.15, 0.2) is 54.6 Å². The van der Waals surface area contributed by atoms with Gasteiger partial charge in [0.2, 0.25) is 0 Å². The molecule has 5 heteroatoms. The third-order valence-electron chi connectivity index (χ3n) is 5.08. The number of amides is 1. The maximum Gasteiger partial charge on any atom is 0.277 e. The van der Waals surface area contributed by atoms with E-state index < -0.39 is 0 Å². The molecule has 1 aliphatic rings. The molecule has 0 saturated carbocycles. The molecule has 3 aromatic rings. The van der Waals surface area contributed by atoms with Crippen molar-refractivity contribution in [1.29, 1.82) is 0 Å². The van der Waals surface area contributed by atoms with Gasteiger partial charge in [-0.05, 0) is 56.5 Å². The van der Waals surface area contributed by atoms with Crippen molar-refractivity contribution in [3.05, 3.63) is 77.2 Å². The minimum absolute atomic E-state index is 0.0722. The lowest BCUT2D eigenvalue weighted by atomic mass is 10.2. The summed E-state index contributed by atoms with van der Waals surface area (Å²) in [6, 6.07) is 18.2. The van der Waals surface area contributed by atoms with Crippen LogP contribution in [0, 0.1) is 13.8 Å². The van der Waals surface area contributed by atoms with E-state index >= 15 is 0 Å². The van der Waals surface area contributed by atoms with Crippen LogP contribution in [-0.4, -0.2) is 29.0 Å². The van der Waals surface area contributed by atoms with E-state index in [1.54, 1.807) is 0 Å². The third-order valence-corrected chi connectivity index (χ3v) is 5.08. The molecule has 0 aliphatic carbocycles. The van der Waals surface area contributed by atoms with E-state index in [1.165, 1.54) is 11.1 Å². The van der Waals surface area contributed by atoms with Gasteiger partial charge in [-0.2, -0.15) is 0 Å². The van der Waals surface area contributed by atoms with Crippen LogP contribution in [0.1, 0.15) is 34.4 Å². The second kappa shape index (κ2) is 7.43. The average molecular weight is 372 g/mol. The highest BCUT2D eigenvalue weighted by Crippen LogP contribution is 2.30. The average Bonchev–Trinajstić information content (AvgIpc) is 3.12. The smallest absolute Gasteiger partial charge is 0.277 e. The summed E-state index contributed by atoms with van der Waals surface area (Å²) in [5.41, 5.74) is 4.87. The summed E-state index contributed by atoms with van der Waals surface area (Å²) in [6.45, 7) is 7.43. The number of carbonyl (C=O) groups is 1. The van der Waals surface area contributed by atoms with Crippen LogP contribution in [0.4, 0.5) is 17.2 Å². The van der Waals surface area contributed by atoms with Gasteiger partial charge in [0, 0.05) is 30.5 Å². The first-order chi connectivity index (χ1) is 13.6. The quantitative estimate of drug-likeness (QED) is 0.679. The van der Waals surface area contributed by atoms with Crippen LogP contribution in [0.5, 0.6) is 0 Å². The van der Waals surface area contributed by atoms with Crippen LogP contribution >= 0.6 is 0 Å². The fourth-order valence-corrected chi connectivity index (χ4v) is 3.76. The second-order valence-electron chi connectivity index (χ2n) is 7.08. The molecule has 0 radical (unpaired) electrons. The Morgan fingerprint density at radius 3 is 2.68 bits per heavy atom. The van der Waals surface area contributed by atoms with Gasteiger partial charge in [0.25, 0.3) is 5.91 Å². The van der Waals surface area contributed by atoms with E-state index in [1.807, 2.05) is 42.2 Å². The number of nitrogens with zero attached hydrogens (tertiary/aromatic N) is 4. The number of fused-ring (bicyclic) bond motifs is 1. The van der Waals surface area contributed by atoms with Crippen molar-refractivity contribution in [3.8, 4) is 0 Å². The Morgan fingerprint density at radius 1 is 1.07 bits per heavy atom. The first-order valence-corrected chi connectivity index (χ1v) is 9.66. The Labute approximate surface area is 165 Å². The van der Waals surface area contributed by atoms with Crippen LogP contribution in [0.2, 0.25) is 0 Å². The Bertz CT molecular complexity index is 1030. The minimum atomic E-state index is -0.0722. The molecule has 0 atom stereocenters. The standard InChI is InChI=1S/C23H24N4O/c1-4-26(19-10-7-8-16(2)14-19)22-15-20(24-17(3)25-22)23(28)27-13-12-18-9-5-6-11-21(18)27/h5-11,14-15H,4,12-13H2,1-3H3. The summed E-state index contributed by atoms with van der Waals surface area (Å²) >= 11 is 0. The molecule has 5 nitrogen and oxygen atoms in total. The van der Waals surface area contributed by atoms with Crippen molar-refractivity contribution >= 4 is 23.1 Å². The zero-order valence-corrected chi connectivity index (χ0v) is 16.5. The van der Waals surface area contributed by atoms with E-state index in [-0.39, 0.29) is 5.91 Å². The van der Waals surface area contributed by atoms with Crippen molar-refractivity contribution in [3.63, 3.8) is 0 Å². The predicted molar refractivity (Wildman–Crippen MR) is 112 cm³/mol. The highest BCUT2D eigenvalue weighted by Gasteiger charge is 2.27. The van der Waals surface area contributed by atoms with Gasteiger partial charge in [0.05, 0.1) is 0 Å². The maximum atomic E-state index is 13.2. The van der Waals surface area contributed by atoms with Crippen molar-refractivity contribution < 1.29 is 4.79 Å². The second-order valence-corrected chi connectivity index (χ2v) is 7.08. The lowest BCUT2D eigenvalue weighted by Crippen LogP contribution is -2.30. The molecule has 1 aliphatic heterocycles. The highest BCUT2D eigenvalue weighted by atomic mass is 16.2. The molecule has 0 bridgehead atoms. The summed E-state index contributed by atoms with van der Waals surface area (Å²) in [5, 5.41) is 0. The van der Waals surface area contributed by atoms with Crippen molar-refractivity contribution in [1.82, 2.24) is 9.97 Å². The number of rotatable bonds is 4. The number of carbonyl (C=O) groups excluding carboxylic acids is 1. The molecule has 2 heterocycles. The lowest BCUT2D eigenvalue weighted by Gasteiger charge is -2.24. The Hall–Kier alpha value is -3.21. The summed E-state index contributed by atoms with van der Waals surface area (Å²) in [7, 11) is 0. The van der Waals surface area contributed by atoms with Gasteiger partial charge >= 0.3 is 0 Å². The molecular weight excluding hydrogens is 348 g/mol. The Kier molecular flexibility index (Phi) is 4.82. The van der Waals surface area contributed by atoms with Crippen molar-refractivity contribution in [2.45, 2.75) is 27.2 Å². The largest absolute Gasteiger partial charge is 0.327 e. The summed E-state index contributed by atoms with van der Waals surface area (Å²) in [6.07, 6.45) is 0.878. The first kappa shape index (κ1) is 18.2. The number of hydrogen-bond donors (Lipinski definition) is 0. The minimum Gasteiger partial charge on any atom is -0.327 e. The van der Waals surface area contributed by atoms with Gasteiger partial charge in [-0.1, -0.05) is 30.3 Å². The predicted octanol–water partition coefficient (Wildman–Crippen LogP) is 4.45. The summed E-state index contributed by atoms with van der Waals surface area (Å²) in [4.78, 5) is 26.2. The lowest BCUT2D eigenvalue weighted by molar-refractivity contribution is 0.0984. The van der Waals surface area contributed by atoms with E-state index in [0.29, 0.717) is 18.1 Å². The molecule has 2 aromatic carbocycles. The normalized spacial score (nSPS) is 12.8. The van der Waals surface area contributed by atoms with Crippen LogP contribution < -0.4 is 9.80 Å². The van der Waals surface area contributed by atoms with Gasteiger partial charge < -0.3 is 9.80 Å². The Balaban J connectivity index is 1.70. The first-order valence-electron chi connectivity index (χ1n) is 9.66. The number of anilines is 3. The summed E-state index contributed by atoms with van der Waals surface area (Å²) < 4.78 is 0. The number of benzene rings is 2. The SMILES string of the molecule is CCN(c1cccc(C)c1)c1cc(C(=O)N2CCc3ccccc32)nc(C)n1. The van der Waals surface area contributed by atoms with Crippen LogP contribution in [0.25, 0.3) is 0 Å². The van der Waals surface area contributed by atoms with Crippen molar-refractivity contribution in [2.75, 3.05) is 22.9 Å². The zero-order valence-electron chi connectivity index (χ0n) is 16.5. The molecule has 0 fully saturated rings. The summed E-state index contributed by atoms with van der Waals surface area (Å²) in [5.74, 6) is 1.27. The molecule has 1 amide bonds. The molecule has 1 aromatic heterocycles. The number of hydrogen-bond acceptors (Lipinski definition) is 4. The molecule has 28 heavy (non-hydrogen) atoms. The van der Waals surface area contributed by atoms with Crippen LogP contribution in [-0.2, 0) is 6.42 Å². The van der Waals surface area contributed by atoms with E-state index in [9.17, 15) is 4.79 Å².